The number of hydrogen-bond acceptors (Lipinski definition) is 4. The molecule has 0 spiro atoms. The molecule has 7 heteroatoms. The van der Waals surface area contributed by atoms with Crippen LogP contribution in [0.5, 0.6) is 0 Å². The van der Waals surface area contributed by atoms with Crippen LogP contribution in [0.1, 0.15) is 23.7 Å². The lowest BCUT2D eigenvalue weighted by atomic mass is 10.1. The van der Waals surface area contributed by atoms with Crippen molar-refractivity contribution in [3.05, 3.63) is 23.8 Å². The average Bonchev–Trinajstić information content (AvgIpc) is 2.49. The predicted molar refractivity (Wildman–Crippen MR) is 82.2 cm³/mol. The van der Waals surface area contributed by atoms with E-state index in [1.54, 1.807) is 32.2 Å². The Bertz CT molecular complexity index is 629. The highest BCUT2D eigenvalue weighted by Gasteiger charge is 2.27. The van der Waals surface area contributed by atoms with Crippen molar-refractivity contribution < 1.29 is 19.5 Å². The number of nitrogens with one attached hydrogen (secondary N) is 1. The standard InChI is InChI=1S/C15H19N3O4/c1-9-14(21)16-11-8-10(4-5-12(11)18(9)3)15(22)17(2)7-6-13(19)20/h4-5,8-9H,6-7H2,1-3H3,(H,16,21)(H,19,20). The Morgan fingerprint density at radius 1 is 1.41 bits per heavy atom. The topological polar surface area (TPSA) is 90.0 Å². The summed E-state index contributed by atoms with van der Waals surface area (Å²) in [4.78, 5) is 37.9. The largest absolute Gasteiger partial charge is 0.481 e. The van der Waals surface area contributed by atoms with E-state index in [-0.39, 0.29) is 30.8 Å². The van der Waals surface area contributed by atoms with Crippen molar-refractivity contribution in [2.24, 2.45) is 0 Å². The first-order valence-electron chi connectivity index (χ1n) is 6.96. The van der Waals surface area contributed by atoms with Gasteiger partial charge in [0.25, 0.3) is 5.91 Å². The molecule has 2 rings (SSSR count). The van der Waals surface area contributed by atoms with E-state index in [4.69, 9.17) is 5.11 Å². The zero-order valence-corrected chi connectivity index (χ0v) is 12.8. The number of aliphatic carboxylic acids is 1. The van der Waals surface area contributed by atoms with Gasteiger partial charge in [0.05, 0.1) is 17.8 Å². The number of nitrogens with zero attached hydrogens (tertiary/aromatic N) is 2. The molecule has 1 heterocycles. The van der Waals surface area contributed by atoms with Gasteiger partial charge in [0.1, 0.15) is 6.04 Å². The molecule has 22 heavy (non-hydrogen) atoms. The summed E-state index contributed by atoms with van der Waals surface area (Å²) in [5.41, 5.74) is 1.84. The van der Waals surface area contributed by atoms with Crippen LogP contribution >= 0.6 is 0 Å². The Kier molecular flexibility index (Phi) is 4.35. The zero-order chi connectivity index (χ0) is 16.4. The summed E-state index contributed by atoms with van der Waals surface area (Å²) in [6.45, 7) is 1.94. The maximum absolute atomic E-state index is 12.3. The lowest BCUT2D eigenvalue weighted by Crippen LogP contribution is -2.44. The van der Waals surface area contributed by atoms with Crippen LogP contribution in [-0.4, -0.2) is 54.5 Å². The Morgan fingerprint density at radius 3 is 2.73 bits per heavy atom. The molecule has 0 bridgehead atoms. The van der Waals surface area contributed by atoms with Gasteiger partial charge < -0.3 is 20.2 Å². The van der Waals surface area contributed by atoms with Gasteiger partial charge in [-0.15, -0.1) is 0 Å². The van der Waals surface area contributed by atoms with E-state index in [2.05, 4.69) is 5.32 Å². The van der Waals surface area contributed by atoms with Crippen LogP contribution in [0.15, 0.2) is 18.2 Å². The van der Waals surface area contributed by atoms with Crippen LogP contribution in [0.3, 0.4) is 0 Å². The molecule has 0 saturated heterocycles. The molecular formula is C15H19N3O4. The van der Waals surface area contributed by atoms with Crippen molar-refractivity contribution in [2.45, 2.75) is 19.4 Å². The highest BCUT2D eigenvalue weighted by Crippen LogP contribution is 2.31. The van der Waals surface area contributed by atoms with Gasteiger partial charge >= 0.3 is 5.97 Å². The summed E-state index contributed by atoms with van der Waals surface area (Å²) >= 11 is 0. The van der Waals surface area contributed by atoms with Crippen LogP contribution in [-0.2, 0) is 9.59 Å². The molecule has 0 aliphatic carbocycles. The SMILES string of the molecule is CC1C(=O)Nc2cc(C(=O)N(C)CCC(=O)O)ccc2N1C. The number of carboxylic acids is 1. The minimum absolute atomic E-state index is 0.107. The molecule has 2 amide bonds. The Hall–Kier alpha value is -2.57. The van der Waals surface area contributed by atoms with Crippen LogP contribution < -0.4 is 10.2 Å². The van der Waals surface area contributed by atoms with Gasteiger partial charge in [0.15, 0.2) is 0 Å². The fraction of sp³-hybridized carbons (Fsp3) is 0.400. The smallest absolute Gasteiger partial charge is 0.305 e. The lowest BCUT2D eigenvalue weighted by molar-refractivity contribution is -0.137. The summed E-state index contributed by atoms with van der Waals surface area (Å²) in [6, 6.07) is 4.81. The summed E-state index contributed by atoms with van der Waals surface area (Å²) in [5.74, 6) is -1.36. The first kappa shape index (κ1) is 15.8. The highest BCUT2D eigenvalue weighted by atomic mass is 16.4. The summed E-state index contributed by atoms with van der Waals surface area (Å²) in [5, 5.41) is 11.4. The van der Waals surface area contributed by atoms with Crippen molar-refractivity contribution in [3.63, 3.8) is 0 Å². The van der Waals surface area contributed by atoms with Gasteiger partial charge in [-0.3, -0.25) is 14.4 Å². The molecule has 1 unspecified atom stereocenters. The Morgan fingerprint density at radius 2 is 2.09 bits per heavy atom. The number of fused-ring (bicyclic) bond motifs is 1. The van der Waals surface area contributed by atoms with Gasteiger partial charge in [-0.1, -0.05) is 0 Å². The van der Waals surface area contributed by atoms with Crippen molar-refractivity contribution >= 4 is 29.2 Å². The normalized spacial score (nSPS) is 16.8. The number of amides is 2. The maximum Gasteiger partial charge on any atom is 0.305 e. The molecule has 1 aromatic rings. The Balaban J connectivity index is 2.21. The fourth-order valence-corrected chi connectivity index (χ4v) is 2.28. The molecule has 0 aromatic heterocycles. The van der Waals surface area contributed by atoms with Gasteiger partial charge in [-0.2, -0.15) is 0 Å². The monoisotopic (exact) mass is 305 g/mol. The second-order valence-corrected chi connectivity index (χ2v) is 5.38. The molecule has 1 aliphatic heterocycles. The maximum atomic E-state index is 12.3. The van der Waals surface area contributed by atoms with Crippen molar-refractivity contribution in [1.82, 2.24) is 4.90 Å². The molecule has 2 N–H and O–H groups in total. The molecule has 0 radical (unpaired) electrons. The van der Waals surface area contributed by atoms with E-state index in [0.29, 0.717) is 11.3 Å². The van der Waals surface area contributed by atoms with Crippen LogP contribution in [0.2, 0.25) is 0 Å². The third-order valence-corrected chi connectivity index (χ3v) is 3.85. The van der Waals surface area contributed by atoms with Gasteiger partial charge in [0.2, 0.25) is 5.91 Å². The molecule has 1 aliphatic rings. The fourth-order valence-electron chi connectivity index (χ4n) is 2.28. The van der Waals surface area contributed by atoms with Crippen molar-refractivity contribution in [1.29, 1.82) is 0 Å². The van der Waals surface area contributed by atoms with E-state index in [0.717, 1.165) is 5.69 Å². The quantitative estimate of drug-likeness (QED) is 0.866. The number of anilines is 2. The summed E-state index contributed by atoms with van der Waals surface area (Å²) in [6.07, 6.45) is -0.107. The van der Waals surface area contributed by atoms with Crippen LogP contribution in [0.4, 0.5) is 11.4 Å². The van der Waals surface area contributed by atoms with Gasteiger partial charge in [-0.25, -0.2) is 0 Å². The number of rotatable bonds is 4. The minimum atomic E-state index is -0.951. The molecular weight excluding hydrogens is 286 g/mol. The number of benzene rings is 1. The van der Waals surface area contributed by atoms with Crippen LogP contribution in [0, 0.1) is 0 Å². The number of hydrogen-bond donors (Lipinski definition) is 2. The first-order chi connectivity index (χ1) is 10.3. The van der Waals surface area contributed by atoms with Gasteiger partial charge in [0, 0.05) is 26.2 Å². The van der Waals surface area contributed by atoms with Crippen molar-refractivity contribution in [3.8, 4) is 0 Å². The van der Waals surface area contributed by atoms with Gasteiger partial charge in [-0.05, 0) is 25.1 Å². The van der Waals surface area contributed by atoms with E-state index in [1.807, 2.05) is 11.9 Å². The van der Waals surface area contributed by atoms with Crippen molar-refractivity contribution in [2.75, 3.05) is 30.9 Å². The number of likely N-dealkylation sites (N-methyl/N-ethyl adjacent to an activating group) is 1. The number of carbonyl (C=O) groups excluding carboxylic acids is 2. The second-order valence-electron chi connectivity index (χ2n) is 5.38. The zero-order valence-electron chi connectivity index (χ0n) is 12.8. The third kappa shape index (κ3) is 3.03. The number of carboxylic acid groups (broad SMARTS) is 1. The molecule has 118 valence electrons. The molecule has 0 fully saturated rings. The lowest BCUT2D eigenvalue weighted by Gasteiger charge is -2.33. The molecule has 0 saturated carbocycles. The average molecular weight is 305 g/mol. The van der Waals surface area contributed by atoms with E-state index >= 15 is 0 Å². The van der Waals surface area contributed by atoms with E-state index in [1.165, 1.54) is 4.90 Å². The molecule has 1 aromatic carbocycles. The first-order valence-corrected chi connectivity index (χ1v) is 6.96. The van der Waals surface area contributed by atoms with E-state index < -0.39 is 5.97 Å². The minimum Gasteiger partial charge on any atom is -0.481 e. The predicted octanol–water partition coefficient (Wildman–Crippen LogP) is 1.01. The van der Waals surface area contributed by atoms with E-state index in [9.17, 15) is 14.4 Å². The molecule has 7 nitrogen and oxygen atoms in total. The molecule has 1 atom stereocenters. The third-order valence-electron chi connectivity index (χ3n) is 3.85. The summed E-state index contributed by atoms with van der Waals surface area (Å²) < 4.78 is 0. The second kappa shape index (κ2) is 6.05. The highest BCUT2D eigenvalue weighted by molar-refractivity contribution is 6.05. The summed E-state index contributed by atoms with van der Waals surface area (Å²) in [7, 11) is 3.38. The number of carbonyl (C=O) groups is 3. The Labute approximate surface area is 128 Å². The van der Waals surface area contributed by atoms with Crippen LogP contribution in [0.25, 0.3) is 0 Å².